The highest BCUT2D eigenvalue weighted by Gasteiger charge is 2.43. The average Bonchev–Trinajstić information content (AvgIpc) is 3.25. The van der Waals surface area contributed by atoms with E-state index < -0.39 is 12.1 Å². The lowest BCUT2D eigenvalue weighted by molar-refractivity contribution is -0.192. The van der Waals surface area contributed by atoms with E-state index in [0.717, 1.165) is 69.6 Å². The monoisotopic (exact) mass is 521 g/mol. The van der Waals surface area contributed by atoms with Crippen LogP contribution in [-0.2, 0) is 22.5 Å². The van der Waals surface area contributed by atoms with Gasteiger partial charge in [0.2, 0.25) is 0 Å². The number of piperidine rings is 1. The van der Waals surface area contributed by atoms with Crippen molar-refractivity contribution in [1.29, 1.82) is 0 Å². The summed E-state index contributed by atoms with van der Waals surface area (Å²) in [6.07, 6.45) is 2.99. The molecule has 0 bridgehead atoms. The maximum atomic E-state index is 13.0. The highest BCUT2D eigenvalue weighted by atomic mass is 19.4. The molecule has 2 fully saturated rings. The number of carbonyl (C=O) groups excluding carboxylic acids is 1. The van der Waals surface area contributed by atoms with Crippen molar-refractivity contribution < 1.29 is 32.6 Å². The standard InChI is InChI=1S/C25H33N3O2.C2HF3O2/c1-3-21-8-4-5-9-23(21)24(29)28-13-10-25(11-14-28)15-22(30-19-25)18-27(2)17-20-7-6-12-26-16-20;3-2(4,5)1(6)7/h4-9,12,16,22H,3,10-11,13-15,17-19H2,1-2H3;(H,6,7). The molecule has 1 amide bonds. The minimum Gasteiger partial charge on any atom is -0.475 e. The van der Waals surface area contributed by atoms with Crippen molar-refractivity contribution in [3.8, 4) is 0 Å². The fourth-order valence-corrected chi connectivity index (χ4v) is 4.97. The fraction of sp³-hybridized carbons (Fsp3) is 0.519. The summed E-state index contributed by atoms with van der Waals surface area (Å²) in [7, 11) is 2.15. The Hall–Kier alpha value is -2.98. The number of aromatic nitrogens is 1. The largest absolute Gasteiger partial charge is 0.490 e. The Kier molecular flexibility index (Phi) is 9.67. The highest BCUT2D eigenvalue weighted by Crippen LogP contribution is 2.42. The van der Waals surface area contributed by atoms with E-state index in [1.807, 2.05) is 41.6 Å². The molecule has 3 heterocycles. The number of carboxylic acids is 1. The molecule has 1 spiro atoms. The lowest BCUT2D eigenvalue weighted by Crippen LogP contribution is -2.44. The van der Waals surface area contributed by atoms with Gasteiger partial charge >= 0.3 is 12.1 Å². The van der Waals surface area contributed by atoms with Gasteiger partial charge in [-0.2, -0.15) is 13.2 Å². The first-order valence-electron chi connectivity index (χ1n) is 12.4. The first-order valence-corrected chi connectivity index (χ1v) is 12.4. The van der Waals surface area contributed by atoms with Crippen molar-refractivity contribution in [2.24, 2.45) is 5.41 Å². The van der Waals surface area contributed by atoms with Gasteiger partial charge in [-0.3, -0.25) is 14.7 Å². The maximum absolute atomic E-state index is 13.0. The van der Waals surface area contributed by atoms with Crippen LogP contribution >= 0.6 is 0 Å². The SMILES string of the molecule is CCc1ccccc1C(=O)N1CCC2(CC1)COC(CN(C)Cc1cccnc1)C2.O=C(O)C(F)(F)F. The molecule has 37 heavy (non-hydrogen) atoms. The molecule has 1 N–H and O–H groups in total. The van der Waals surface area contributed by atoms with Crippen LogP contribution in [0, 0.1) is 5.41 Å². The predicted octanol–water partition coefficient (Wildman–Crippen LogP) is 4.42. The van der Waals surface area contributed by atoms with E-state index in [1.54, 1.807) is 0 Å². The third-order valence-electron chi connectivity index (χ3n) is 6.96. The van der Waals surface area contributed by atoms with Crippen LogP contribution in [-0.4, -0.2) is 77.3 Å². The molecule has 2 aliphatic heterocycles. The second-order valence-electron chi connectivity index (χ2n) is 9.80. The van der Waals surface area contributed by atoms with E-state index in [2.05, 4.69) is 36.0 Å². The van der Waals surface area contributed by atoms with Crippen LogP contribution in [0.15, 0.2) is 48.8 Å². The number of amides is 1. The maximum Gasteiger partial charge on any atom is 0.490 e. The van der Waals surface area contributed by atoms with Crippen LogP contribution in [0.2, 0.25) is 0 Å². The fourth-order valence-electron chi connectivity index (χ4n) is 4.97. The number of carbonyl (C=O) groups is 2. The van der Waals surface area contributed by atoms with Gasteiger partial charge in [-0.1, -0.05) is 31.2 Å². The minimum atomic E-state index is -5.08. The Labute approximate surface area is 215 Å². The Morgan fingerprint density at radius 2 is 1.86 bits per heavy atom. The van der Waals surface area contributed by atoms with Crippen molar-refractivity contribution in [2.45, 2.75) is 51.4 Å². The second-order valence-corrected chi connectivity index (χ2v) is 9.80. The molecule has 2 aliphatic rings. The quantitative estimate of drug-likeness (QED) is 0.606. The first kappa shape index (κ1) is 28.6. The highest BCUT2D eigenvalue weighted by molar-refractivity contribution is 5.95. The number of aryl methyl sites for hydroxylation is 1. The van der Waals surface area contributed by atoms with Crippen LogP contribution in [0.3, 0.4) is 0 Å². The summed E-state index contributed by atoms with van der Waals surface area (Å²) in [6.45, 7) is 6.42. The number of aliphatic carboxylic acids is 1. The molecule has 10 heteroatoms. The first-order chi connectivity index (χ1) is 17.5. The number of carboxylic acid groups (broad SMARTS) is 1. The number of ether oxygens (including phenoxy) is 1. The molecule has 1 atom stereocenters. The molecule has 1 aromatic heterocycles. The van der Waals surface area contributed by atoms with Gasteiger partial charge in [0, 0.05) is 44.1 Å². The predicted molar refractivity (Wildman–Crippen MR) is 132 cm³/mol. The number of hydrogen-bond acceptors (Lipinski definition) is 5. The topological polar surface area (TPSA) is 83.0 Å². The van der Waals surface area contributed by atoms with Crippen LogP contribution in [0.1, 0.15) is 47.7 Å². The summed E-state index contributed by atoms with van der Waals surface area (Å²) >= 11 is 0. The number of hydrogen-bond donors (Lipinski definition) is 1. The summed E-state index contributed by atoms with van der Waals surface area (Å²) in [6, 6.07) is 12.1. The average molecular weight is 522 g/mol. The third kappa shape index (κ3) is 8.00. The van der Waals surface area contributed by atoms with Gasteiger partial charge in [0.1, 0.15) is 0 Å². The van der Waals surface area contributed by atoms with Gasteiger partial charge in [-0.05, 0) is 61.4 Å². The molecule has 0 saturated carbocycles. The molecule has 4 rings (SSSR count). The zero-order valence-corrected chi connectivity index (χ0v) is 21.2. The lowest BCUT2D eigenvalue weighted by atomic mass is 9.76. The van der Waals surface area contributed by atoms with E-state index in [0.29, 0.717) is 0 Å². The zero-order valence-electron chi connectivity index (χ0n) is 21.2. The number of nitrogens with zero attached hydrogens (tertiary/aromatic N) is 3. The number of likely N-dealkylation sites (N-methyl/N-ethyl adjacent to an activating group) is 1. The molecule has 7 nitrogen and oxygen atoms in total. The molecule has 1 unspecified atom stereocenters. The number of alkyl halides is 3. The van der Waals surface area contributed by atoms with Gasteiger partial charge in [0.15, 0.2) is 0 Å². The minimum absolute atomic E-state index is 0.189. The van der Waals surface area contributed by atoms with Crippen molar-refractivity contribution in [3.63, 3.8) is 0 Å². The van der Waals surface area contributed by atoms with Crippen LogP contribution in [0.25, 0.3) is 0 Å². The third-order valence-corrected chi connectivity index (χ3v) is 6.96. The van der Waals surface area contributed by atoms with E-state index in [1.165, 1.54) is 5.56 Å². The van der Waals surface area contributed by atoms with E-state index in [4.69, 9.17) is 14.6 Å². The number of likely N-dealkylation sites (tertiary alicyclic amines) is 1. The van der Waals surface area contributed by atoms with E-state index >= 15 is 0 Å². The van der Waals surface area contributed by atoms with Crippen LogP contribution in [0.5, 0.6) is 0 Å². The van der Waals surface area contributed by atoms with Crippen molar-refractivity contribution in [2.75, 3.05) is 33.3 Å². The normalized spacial score (nSPS) is 19.0. The van der Waals surface area contributed by atoms with Crippen molar-refractivity contribution in [1.82, 2.24) is 14.8 Å². The molecule has 0 aliphatic carbocycles. The lowest BCUT2D eigenvalue weighted by Gasteiger charge is -2.38. The number of benzene rings is 1. The van der Waals surface area contributed by atoms with Crippen molar-refractivity contribution in [3.05, 3.63) is 65.5 Å². The van der Waals surface area contributed by atoms with Gasteiger partial charge in [0.05, 0.1) is 12.7 Å². The van der Waals surface area contributed by atoms with Gasteiger partial charge in [-0.25, -0.2) is 4.79 Å². The summed E-state index contributed by atoms with van der Waals surface area (Å²) < 4.78 is 37.9. The van der Waals surface area contributed by atoms with Gasteiger partial charge < -0.3 is 14.7 Å². The van der Waals surface area contributed by atoms with Crippen LogP contribution < -0.4 is 0 Å². The molecule has 1 aromatic carbocycles. The summed E-state index contributed by atoms with van der Waals surface area (Å²) in [4.78, 5) is 30.5. The molecule has 202 valence electrons. The van der Waals surface area contributed by atoms with Gasteiger partial charge in [0.25, 0.3) is 5.91 Å². The molecule has 0 radical (unpaired) electrons. The summed E-state index contributed by atoms with van der Waals surface area (Å²) in [5.41, 5.74) is 3.48. The number of pyridine rings is 1. The molecular formula is C27H34F3N3O4. The van der Waals surface area contributed by atoms with E-state index in [9.17, 15) is 18.0 Å². The Balaban J connectivity index is 0.000000479. The molecule has 2 saturated heterocycles. The van der Waals surface area contributed by atoms with Crippen LogP contribution in [0.4, 0.5) is 13.2 Å². The second kappa shape index (κ2) is 12.5. The van der Waals surface area contributed by atoms with Crippen molar-refractivity contribution >= 4 is 11.9 Å². The Morgan fingerprint density at radius 3 is 2.46 bits per heavy atom. The molecule has 2 aromatic rings. The smallest absolute Gasteiger partial charge is 0.475 e. The summed E-state index contributed by atoms with van der Waals surface area (Å²) in [5, 5.41) is 7.12. The van der Waals surface area contributed by atoms with Gasteiger partial charge in [-0.15, -0.1) is 0 Å². The number of rotatable bonds is 6. The number of halogens is 3. The van der Waals surface area contributed by atoms with E-state index in [-0.39, 0.29) is 17.4 Å². The zero-order chi connectivity index (χ0) is 27.1. The molecular weight excluding hydrogens is 487 g/mol. The Morgan fingerprint density at radius 1 is 1.19 bits per heavy atom. The Bertz CT molecular complexity index is 1040. The summed E-state index contributed by atoms with van der Waals surface area (Å²) in [5.74, 6) is -2.57.